The van der Waals surface area contributed by atoms with Crippen molar-refractivity contribution in [3.63, 3.8) is 0 Å². The van der Waals surface area contributed by atoms with Gasteiger partial charge in [0.15, 0.2) is 5.16 Å². The van der Waals surface area contributed by atoms with Gasteiger partial charge in [0, 0.05) is 32.5 Å². The molecule has 0 unspecified atom stereocenters. The Balaban J connectivity index is 1.85. The van der Waals surface area contributed by atoms with Gasteiger partial charge in [0.05, 0.1) is 11.7 Å². The van der Waals surface area contributed by atoms with E-state index in [1.807, 2.05) is 30.6 Å². The van der Waals surface area contributed by atoms with Gasteiger partial charge in [0.25, 0.3) is 0 Å². The molecule has 0 aromatic carbocycles. The first-order valence-electron chi connectivity index (χ1n) is 5.93. The first kappa shape index (κ1) is 13.0. The summed E-state index contributed by atoms with van der Waals surface area (Å²) >= 11 is 1.69. The van der Waals surface area contributed by atoms with Crippen LogP contribution in [-0.4, -0.2) is 40.0 Å². The third-order valence-corrected chi connectivity index (χ3v) is 3.72. The van der Waals surface area contributed by atoms with Crippen LogP contribution in [0.1, 0.15) is 12.8 Å². The second kappa shape index (κ2) is 5.91. The van der Waals surface area contributed by atoms with Gasteiger partial charge in [-0.2, -0.15) is 0 Å². The van der Waals surface area contributed by atoms with Crippen molar-refractivity contribution in [2.45, 2.75) is 18.0 Å². The van der Waals surface area contributed by atoms with Gasteiger partial charge in [0.2, 0.25) is 5.91 Å². The maximum absolute atomic E-state index is 11.4. The van der Waals surface area contributed by atoms with Gasteiger partial charge >= 0.3 is 0 Å². The molecule has 0 saturated heterocycles. The molecule has 0 aliphatic heterocycles. The van der Waals surface area contributed by atoms with Crippen molar-refractivity contribution >= 4 is 23.2 Å². The van der Waals surface area contributed by atoms with E-state index in [0.717, 1.165) is 22.8 Å². The highest BCUT2D eigenvalue weighted by atomic mass is 32.2. The molecular weight excluding hydrogens is 246 g/mol. The van der Waals surface area contributed by atoms with E-state index in [9.17, 15) is 4.79 Å². The van der Waals surface area contributed by atoms with Gasteiger partial charge in [-0.25, -0.2) is 4.98 Å². The topological polar surface area (TPSA) is 37.6 Å². The van der Waals surface area contributed by atoms with E-state index in [4.69, 9.17) is 0 Å². The fourth-order valence-corrected chi connectivity index (χ4v) is 2.54. The standard InChI is InChI=1S/C13H17N3OS/c1-15(2)12(17)7-5-9-18-13-14-10-11-6-3-4-8-16(11)13/h3-4,6,8,10H,5,7,9H2,1-2H3. The third kappa shape index (κ3) is 3.04. The molecule has 0 aliphatic rings. The molecule has 2 aromatic rings. The summed E-state index contributed by atoms with van der Waals surface area (Å²) in [6, 6.07) is 6.03. The van der Waals surface area contributed by atoms with Gasteiger partial charge in [-0.15, -0.1) is 0 Å². The number of nitrogens with zero attached hydrogens (tertiary/aromatic N) is 3. The Bertz CT molecular complexity index is 536. The third-order valence-electron chi connectivity index (χ3n) is 2.67. The van der Waals surface area contributed by atoms with E-state index in [1.54, 1.807) is 30.8 Å². The second-order valence-electron chi connectivity index (χ2n) is 4.28. The summed E-state index contributed by atoms with van der Waals surface area (Å²) in [5.74, 6) is 1.09. The number of amides is 1. The quantitative estimate of drug-likeness (QED) is 0.613. The molecule has 0 bridgehead atoms. The number of carbonyl (C=O) groups excluding carboxylic acids is 1. The van der Waals surface area contributed by atoms with Crippen LogP contribution in [0.3, 0.4) is 0 Å². The molecule has 4 nitrogen and oxygen atoms in total. The zero-order valence-corrected chi connectivity index (χ0v) is 11.5. The largest absolute Gasteiger partial charge is 0.349 e. The fraction of sp³-hybridized carbons (Fsp3) is 0.385. The molecule has 0 atom stereocenters. The predicted molar refractivity (Wildman–Crippen MR) is 73.8 cm³/mol. The Labute approximate surface area is 111 Å². The van der Waals surface area contributed by atoms with Crippen LogP contribution in [0, 0.1) is 0 Å². The maximum atomic E-state index is 11.4. The van der Waals surface area contributed by atoms with Crippen molar-refractivity contribution in [1.82, 2.24) is 14.3 Å². The predicted octanol–water partition coefficient (Wildman–Crippen LogP) is 2.29. The Hall–Kier alpha value is -1.49. The molecule has 2 heterocycles. The minimum atomic E-state index is 0.184. The average molecular weight is 263 g/mol. The van der Waals surface area contributed by atoms with E-state index in [0.29, 0.717) is 6.42 Å². The lowest BCUT2D eigenvalue weighted by molar-refractivity contribution is -0.128. The van der Waals surface area contributed by atoms with Crippen molar-refractivity contribution in [2.24, 2.45) is 0 Å². The molecule has 2 aromatic heterocycles. The van der Waals surface area contributed by atoms with E-state index in [2.05, 4.69) is 9.38 Å². The first-order valence-corrected chi connectivity index (χ1v) is 6.92. The highest BCUT2D eigenvalue weighted by Crippen LogP contribution is 2.19. The summed E-state index contributed by atoms with van der Waals surface area (Å²) in [7, 11) is 3.58. The van der Waals surface area contributed by atoms with Crippen LogP contribution in [0.4, 0.5) is 0 Å². The lowest BCUT2D eigenvalue weighted by Crippen LogP contribution is -2.21. The highest BCUT2D eigenvalue weighted by molar-refractivity contribution is 7.99. The molecule has 5 heteroatoms. The first-order chi connectivity index (χ1) is 8.68. The molecule has 0 spiro atoms. The molecule has 0 radical (unpaired) electrons. The van der Waals surface area contributed by atoms with Crippen LogP contribution in [0.15, 0.2) is 35.7 Å². The van der Waals surface area contributed by atoms with E-state index < -0.39 is 0 Å². The molecule has 0 aliphatic carbocycles. The molecule has 0 saturated carbocycles. The summed E-state index contributed by atoms with van der Waals surface area (Å²) in [4.78, 5) is 17.4. The maximum Gasteiger partial charge on any atom is 0.222 e. The zero-order chi connectivity index (χ0) is 13.0. The lowest BCUT2D eigenvalue weighted by Gasteiger charge is -2.09. The number of fused-ring (bicyclic) bond motifs is 1. The van der Waals surface area contributed by atoms with Gasteiger partial charge in [-0.05, 0) is 18.6 Å². The van der Waals surface area contributed by atoms with Crippen molar-refractivity contribution in [3.05, 3.63) is 30.6 Å². The van der Waals surface area contributed by atoms with Crippen LogP contribution >= 0.6 is 11.8 Å². The zero-order valence-electron chi connectivity index (χ0n) is 10.7. The molecular formula is C13H17N3OS. The minimum absolute atomic E-state index is 0.184. The number of pyridine rings is 1. The van der Waals surface area contributed by atoms with Gasteiger partial charge in [0.1, 0.15) is 0 Å². The Kier molecular flexibility index (Phi) is 4.25. The van der Waals surface area contributed by atoms with E-state index in [-0.39, 0.29) is 5.91 Å². The lowest BCUT2D eigenvalue weighted by atomic mass is 10.3. The van der Waals surface area contributed by atoms with Gasteiger partial charge < -0.3 is 4.90 Å². The monoisotopic (exact) mass is 263 g/mol. The number of imidazole rings is 1. The highest BCUT2D eigenvalue weighted by Gasteiger charge is 2.06. The Morgan fingerprint density at radius 1 is 1.44 bits per heavy atom. The van der Waals surface area contributed by atoms with Crippen LogP contribution in [0.25, 0.3) is 5.52 Å². The summed E-state index contributed by atoms with van der Waals surface area (Å²) in [6.07, 6.45) is 5.36. The molecule has 96 valence electrons. The number of thioether (sulfide) groups is 1. The summed E-state index contributed by atoms with van der Waals surface area (Å²) < 4.78 is 2.07. The molecule has 0 N–H and O–H groups in total. The summed E-state index contributed by atoms with van der Waals surface area (Å²) in [5, 5.41) is 0.989. The SMILES string of the molecule is CN(C)C(=O)CCCSc1ncc2ccccn12. The van der Waals surface area contributed by atoms with Gasteiger partial charge in [-0.1, -0.05) is 17.8 Å². The van der Waals surface area contributed by atoms with Gasteiger partial charge in [-0.3, -0.25) is 9.20 Å². The van der Waals surface area contributed by atoms with Crippen molar-refractivity contribution in [1.29, 1.82) is 0 Å². The number of aromatic nitrogens is 2. The molecule has 1 amide bonds. The Morgan fingerprint density at radius 2 is 2.28 bits per heavy atom. The number of carbonyl (C=O) groups is 1. The molecule has 2 rings (SSSR count). The number of hydrogen-bond donors (Lipinski definition) is 0. The number of hydrogen-bond acceptors (Lipinski definition) is 3. The number of rotatable bonds is 5. The van der Waals surface area contributed by atoms with E-state index >= 15 is 0 Å². The van der Waals surface area contributed by atoms with Crippen LogP contribution in [0.5, 0.6) is 0 Å². The summed E-state index contributed by atoms with van der Waals surface area (Å²) in [6.45, 7) is 0. The molecule has 18 heavy (non-hydrogen) atoms. The minimum Gasteiger partial charge on any atom is -0.349 e. The molecule has 0 fully saturated rings. The van der Waals surface area contributed by atoms with Crippen molar-refractivity contribution < 1.29 is 4.79 Å². The van der Waals surface area contributed by atoms with Crippen LogP contribution < -0.4 is 0 Å². The van der Waals surface area contributed by atoms with E-state index in [1.165, 1.54) is 0 Å². The van der Waals surface area contributed by atoms with Crippen molar-refractivity contribution in [2.75, 3.05) is 19.8 Å². The average Bonchev–Trinajstić information content (AvgIpc) is 2.77. The van der Waals surface area contributed by atoms with Crippen LogP contribution in [0.2, 0.25) is 0 Å². The second-order valence-corrected chi connectivity index (χ2v) is 5.34. The van der Waals surface area contributed by atoms with Crippen molar-refractivity contribution in [3.8, 4) is 0 Å². The smallest absolute Gasteiger partial charge is 0.222 e. The Morgan fingerprint density at radius 3 is 3.06 bits per heavy atom. The fourth-order valence-electron chi connectivity index (χ4n) is 1.64. The van der Waals surface area contributed by atoms with Crippen LogP contribution in [-0.2, 0) is 4.79 Å². The summed E-state index contributed by atoms with van der Waals surface area (Å²) in [5.41, 5.74) is 1.10. The normalized spacial score (nSPS) is 10.8.